The number of aromatic nitrogens is 1. The summed E-state index contributed by atoms with van der Waals surface area (Å²) in [4.78, 5) is 8.39. The summed E-state index contributed by atoms with van der Waals surface area (Å²) in [5, 5.41) is 2.34. The van der Waals surface area contributed by atoms with Gasteiger partial charge < -0.3 is 4.90 Å². The van der Waals surface area contributed by atoms with Crippen LogP contribution in [0.1, 0.15) is 11.9 Å². The second-order valence-electron chi connectivity index (χ2n) is 4.82. The third-order valence-corrected chi connectivity index (χ3v) is 5.61. The number of hydrogen-bond donors (Lipinski definition) is 0. The number of nitrogens with zero attached hydrogens (tertiary/aromatic N) is 2. The Morgan fingerprint density at radius 1 is 1.10 bits per heavy atom. The molecular formula is C17H14N2S2. The lowest BCUT2D eigenvalue weighted by Crippen LogP contribution is -2.16. The van der Waals surface area contributed by atoms with E-state index in [0.717, 1.165) is 17.1 Å². The van der Waals surface area contributed by atoms with E-state index < -0.39 is 0 Å². The lowest BCUT2D eigenvalue weighted by atomic mass is 10.3. The van der Waals surface area contributed by atoms with Crippen LogP contribution in [-0.4, -0.2) is 11.5 Å². The highest BCUT2D eigenvalue weighted by molar-refractivity contribution is 8.03. The Balaban J connectivity index is 1.76. The van der Waals surface area contributed by atoms with Crippen LogP contribution in [0.15, 0.2) is 58.5 Å². The standard InChI is InChI=1S/C17H14N2S2/c1-2-19-13-8-4-6-10-15(13)21-17(19)11-16-18-12-7-3-5-9-14(12)20-16/h3-11H,2H2,1H3. The molecule has 1 aliphatic heterocycles. The molecule has 0 bridgehead atoms. The van der Waals surface area contributed by atoms with E-state index in [1.807, 2.05) is 17.8 Å². The van der Waals surface area contributed by atoms with Gasteiger partial charge in [-0.1, -0.05) is 36.0 Å². The smallest absolute Gasteiger partial charge is 0.119 e. The molecule has 2 heterocycles. The zero-order valence-electron chi connectivity index (χ0n) is 11.6. The summed E-state index contributed by atoms with van der Waals surface area (Å²) in [5.41, 5.74) is 2.38. The van der Waals surface area contributed by atoms with Crippen molar-refractivity contribution >= 4 is 45.1 Å². The van der Waals surface area contributed by atoms with Gasteiger partial charge in [-0.15, -0.1) is 11.3 Å². The highest BCUT2D eigenvalue weighted by Gasteiger charge is 2.23. The van der Waals surface area contributed by atoms with Gasteiger partial charge in [-0.25, -0.2) is 4.98 Å². The maximum atomic E-state index is 4.71. The van der Waals surface area contributed by atoms with Crippen molar-refractivity contribution in [2.45, 2.75) is 11.8 Å². The molecular weight excluding hydrogens is 296 g/mol. The van der Waals surface area contributed by atoms with Crippen LogP contribution < -0.4 is 4.90 Å². The monoisotopic (exact) mass is 310 g/mol. The summed E-state index contributed by atoms with van der Waals surface area (Å²) in [6.45, 7) is 3.16. The van der Waals surface area contributed by atoms with E-state index in [-0.39, 0.29) is 0 Å². The van der Waals surface area contributed by atoms with Crippen LogP contribution in [0.4, 0.5) is 5.69 Å². The topological polar surface area (TPSA) is 16.1 Å². The van der Waals surface area contributed by atoms with Crippen LogP contribution in [-0.2, 0) is 0 Å². The van der Waals surface area contributed by atoms with Crippen molar-refractivity contribution in [1.29, 1.82) is 0 Å². The molecule has 0 N–H and O–H groups in total. The van der Waals surface area contributed by atoms with Crippen molar-refractivity contribution < 1.29 is 0 Å². The highest BCUT2D eigenvalue weighted by atomic mass is 32.2. The Labute approximate surface area is 132 Å². The minimum Gasteiger partial charge on any atom is -0.335 e. The average Bonchev–Trinajstić information content (AvgIpc) is 3.06. The number of benzene rings is 2. The molecule has 0 fully saturated rings. The van der Waals surface area contributed by atoms with Crippen molar-refractivity contribution in [3.05, 3.63) is 58.6 Å². The first-order chi connectivity index (χ1) is 10.3. The first-order valence-corrected chi connectivity index (χ1v) is 8.60. The second-order valence-corrected chi connectivity index (χ2v) is 6.94. The number of hydrogen-bond acceptors (Lipinski definition) is 4. The zero-order chi connectivity index (χ0) is 14.2. The maximum Gasteiger partial charge on any atom is 0.119 e. The first kappa shape index (κ1) is 12.9. The lowest BCUT2D eigenvalue weighted by Gasteiger charge is -2.17. The zero-order valence-corrected chi connectivity index (χ0v) is 13.2. The van der Waals surface area contributed by atoms with Gasteiger partial charge in [-0.3, -0.25) is 0 Å². The Hall–Kier alpha value is -1.78. The summed E-state index contributed by atoms with van der Waals surface area (Å²) < 4.78 is 1.24. The van der Waals surface area contributed by atoms with Gasteiger partial charge in [0.05, 0.1) is 20.9 Å². The molecule has 0 atom stereocenters. The Morgan fingerprint density at radius 3 is 2.76 bits per heavy atom. The molecule has 0 radical (unpaired) electrons. The number of thioether (sulfide) groups is 1. The first-order valence-electron chi connectivity index (χ1n) is 6.97. The normalized spacial score (nSPS) is 15.9. The Morgan fingerprint density at radius 2 is 1.90 bits per heavy atom. The molecule has 1 aromatic heterocycles. The number of thiazole rings is 1. The van der Waals surface area contributed by atoms with E-state index in [2.05, 4.69) is 60.4 Å². The van der Waals surface area contributed by atoms with Crippen molar-refractivity contribution in [1.82, 2.24) is 4.98 Å². The molecule has 0 saturated heterocycles. The summed E-state index contributed by atoms with van der Waals surface area (Å²) in [6, 6.07) is 16.9. The molecule has 4 rings (SSSR count). The third kappa shape index (κ3) is 2.24. The van der Waals surface area contributed by atoms with E-state index in [4.69, 9.17) is 4.98 Å². The van der Waals surface area contributed by atoms with Gasteiger partial charge in [-0.05, 0) is 31.2 Å². The highest BCUT2D eigenvalue weighted by Crippen LogP contribution is 2.46. The van der Waals surface area contributed by atoms with Crippen LogP contribution in [0.2, 0.25) is 0 Å². The van der Waals surface area contributed by atoms with E-state index in [0.29, 0.717) is 0 Å². The van der Waals surface area contributed by atoms with Crippen molar-refractivity contribution in [3.63, 3.8) is 0 Å². The molecule has 0 amide bonds. The van der Waals surface area contributed by atoms with Gasteiger partial charge in [0.1, 0.15) is 5.01 Å². The van der Waals surface area contributed by atoms with E-state index in [1.165, 1.54) is 20.3 Å². The Bertz CT molecular complexity index is 802. The van der Waals surface area contributed by atoms with Crippen molar-refractivity contribution in [2.75, 3.05) is 11.4 Å². The molecule has 0 aliphatic carbocycles. The van der Waals surface area contributed by atoms with Gasteiger partial charge in [0.25, 0.3) is 0 Å². The number of fused-ring (bicyclic) bond motifs is 2. The number of anilines is 1. The number of para-hydroxylation sites is 2. The third-order valence-electron chi connectivity index (χ3n) is 3.51. The molecule has 0 unspecified atom stereocenters. The largest absolute Gasteiger partial charge is 0.335 e. The van der Waals surface area contributed by atoms with Gasteiger partial charge >= 0.3 is 0 Å². The maximum absolute atomic E-state index is 4.71. The van der Waals surface area contributed by atoms with Crippen LogP contribution >= 0.6 is 23.1 Å². The van der Waals surface area contributed by atoms with E-state index >= 15 is 0 Å². The lowest BCUT2D eigenvalue weighted by molar-refractivity contribution is 1.01. The molecule has 1 aliphatic rings. The van der Waals surface area contributed by atoms with Gasteiger partial charge in [0.2, 0.25) is 0 Å². The van der Waals surface area contributed by atoms with Gasteiger partial charge in [-0.2, -0.15) is 0 Å². The van der Waals surface area contributed by atoms with Crippen molar-refractivity contribution in [2.24, 2.45) is 0 Å². The molecule has 2 aromatic carbocycles. The minimum absolute atomic E-state index is 0.973. The number of rotatable bonds is 2. The van der Waals surface area contributed by atoms with E-state index in [1.54, 1.807) is 11.3 Å². The summed E-state index contributed by atoms with van der Waals surface area (Å²) in [7, 11) is 0. The molecule has 104 valence electrons. The minimum atomic E-state index is 0.973. The summed E-state index contributed by atoms with van der Waals surface area (Å²) >= 11 is 3.58. The SMILES string of the molecule is CCN1C(=Cc2nc3ccccc3s2)Sc2ccccc21. The predicted molar refractivity (Wildman–Crippen MR) is 92.9 cm³/mol. The molecule has 0 saturated carbocycles. The van der Waals surface area contributed by atoms with E-state index in [9.17, 15) is 0 Å². The van der Waals surface area contributed by atoms with Crippen LogP contribution in [0.3, 0.4) is 0 Å². The predicted octanol–water partition coefficient (Wildman–Crippen LogP) is 5.23. The molecule has 0 spiro atoms. The fourth-order valence-corrected chi connectivity index (χ4v) is 4.69. The fourth-order valence-electron chi connectivity index (χ4n) is 2.54. The van der Waals surface area contributed by atoms with Crippen LogP contribution in [0.5, 0.6) is 0 Å². The molecule has 21 heavy (non-hydrogen) atoms. The van der Waals surface area contributed by atoms with Crippen LogP contribution in [0.25, 0.3) is 16.3 Å². The second kappa shape index (κ2) is 5.20. The Kier molecular flexibility index (Phi) is 3.20. The molecule has 4 heteroatoms. The molecule has 2 nitrogen and oxygen atoms in total. The summed E-state index contributed by atoms with van der Waals surface area (Å²) in [6.07, 6.45) is 2.21. The van der Waals surface area contributed by atoms with Gasteiger partial charge in [0.15, 0.2) is 0 Å². The van der Waals surface area contributed by atoms with Gasteiger partial charge in [0, 0.05) is 17.5 Å². The van der Waals surface area contributed by atoms with Crippen LogP contribution in [0, 0.1) is 0 Å². The average molecular weight is 310 g/mol. The quantitative estimate of drug-likeness (QED) is 0.645. The summed E-state index contributed by atoms with van der Waals surface area (Å²) in [5.74, 6) is 0. The van der Waals surface area contributed by atoms with Crippen molar-refractivity contribution in [3.8, 4) is 0 Å². The fraction of sp³-hybridized carbons (Fsp3) is 0.118. The molecule has 3 aromatic rings.